The molecule has 0 saturated carbocycles. The fraction of sp³-hybridized carbons (Fsp3) is 0.174. The molecule has 1 amide bonds. The van der Waals surface area contributed by atoms with E-state index in [0.29, 0.717) is 23.8 Å². The van der Waals surface area contributed by atoms with Crippen molar-refractivity contribution >= 4 is 23.3 Å². The zero-order valence-corrected chi connectivity index (χ0v) is 17.6. The van der Waals surface area contributed by atoms with Gasteiger partial charge in [-0.1, -0.05) is 30.3 Å². The Hall–Kier alpha value is -4.27. The summed E-state index contributed by atoms with van der Waals surface area (Å²) < 4.78 is 12.2. The molecule has 4 rings (SSSR count). The van der Waals surface area contributed by atoms with E-state index in [0.717, 1.165) is 17.0 Å². The number of nitrogens with one attached hydrogen (secondary N) is 1. The van der Waals surface area contributed by atoms with Crippen LogP contribution in [0.2, 0.25) is 0 Å². The molecule has 0 aliphatic carbocycles. The normalized spacial score (nSPS) is 10.7. The molecule has 162 valence electrons. The number of nitrogens with zero attached hydrogens (tertiary/aromatic N) is 4. The maximum atomic E-state index is 12.2. The Balaban J connectivity index is 1.28. The first-order chi connectivity index (χ1) is 15.5. The number of amides is 1. The Morgan fingerprint density at radius 1 is 1.00 bits per heavy atom. The van der Waals surface area contributed by atoms with Crippen molar-refractivity contribution in [3.05, 3.63) is 83.4 Å². The van der Waals surface area contributed by atoms with E-state index in [1.807, 2.05) is 50.2 Å². The van der Waals surface area contributed by atoms with Crippen LogP contribution in [0.4, 0.5) is 5.69 Å². The van der Waals surface area contributed by atoms with Crippen LogP contribution in [-0.4, -0.2) is 38.1 Å². The van der Waals surface area contributed by atoms with Gasteiger partial charge in [0.25, 0.3) is 17.5 Å². The van der Waals surface area contributed by atoms with Crippen LogP contribution in [0.15, 0.2) is 60.7 Å². The van der Waals surface area contributed by atoms with Crippen LogP contribution in [0.5, 0.6) is 5.75 Å². The number of ether oxygens (including phenoxy) is 2. The van der Waals surface area contributed by atoms with Gasteiger partial charge in [-0.05, 0) is 49.7 Å². The van der Waals surface area contributed by atoms with Crippen molar-refractivity contribution in [2.24, 2.45) is 0 Å². The Bertz CT molecular complexity index is 1250. The van der Waals surface area contributed by atoms with Crippen molar-refractivity contribution in [2.45, 2.75) is 20.5 Å². The van der Waals surface area contributed by atoms with Gasteiger partial charge in [0.05, 0.1) is 0 Å². The molecular formula is C23H21N5O4. The van der Waals surface area contributed by atoms with Crippen molar-refractivity contribution < 1.29 is 19.1 Å². The number of rotatable bonds is 7. The minimum absolute atomic E-state index is 0.154. The first-order valence-electron chi connectivity index (χ1n) is 9.93. The summed E-state index contributed by atoms with van der Waals surface area (Å²) in [6.07, 6.45) is 0. The molecule has 2 aromatic heterocycles. The predicted molar refractivity (Wildman–Crippen MR) is 116 cm³/mol. The lowest BCUT2D eigenvalue weighted by atomic mass is 10.2. The number of fused-ring (bicyclic) bond motifs is 1. The Morgan fingerprint density at radius 2 is 1.75 bits per heavy atom. The second kappa shape index (κ2) is 9.25. The number of hydrogen-bond donors (Lipinski definition) is 1. The van der Waals surface area contributed by atoms with Crippen LogP contribution in [0, 0.1) is 13.8 Å². The van der Waals surface area contributed by atoms with Gasteiger partial charge < -0.3 is 14.8 Å². The van der Waals surface area contributed by atoms with Crippen molar-refractivity contribution in [3.8, 4) is 5.75 Å². The number of esters is 1. The molecule has 2 heterocycles. The predicted octanol–water partition coefficient (Wildman–Crippen LogP) is 3.12. The van der Waals surface area contributed by atoms with Gasteiger partial charge in [0.1, 0.15) is 12.4 Å². The van der Waals surface area contributed by atoms with Crippen LogP contribution in [0.25, 0.3) is 5.78 Å². The summed E-state index contributed by atoms with van der Waals surface area (Å²) >= 11 is 0. The summed E-state index contributed by atoms with van der Waals surface area (Å²) in [5.74, 6) is -0.458. The third kappa shape index (κ3) is 5.07. The molecular weight excluding hydrogens is 410 g/mol. The summed E-state index contributed by atoms with van der Waals surface area (Å²) in [5, 5.41) is 6.75. The highest BCUT2D eigenvalue weighted by atomic mass is 16.5. The highest BCUT2D eigenvalue weighted by Gasteiger charge is 2.17. The zero-order chi connectivity index (χ0) is 22.5. The van der Waals surface area contributed by atoms with E-state index >= 15 is 0 Å². The molecule has 0 fully saturated rings. The quantitative estimate of drug-likeness (QED) is 0.448. The van der Waals surface area contributed by atoms with E-state index in [-0.39, 0.29) is 5.82 Å². The highest BCUT2D eigenvalue weighted by Crippen LogP contribution is 2.17. The maximum absolute atomic E-state index is 12.2. The lowest BCUT2D eigenvalue weighted by Gasteiger charge is -2.08. The summed E-state index contributed by atoms with van der Waals surface area (Å²) in [7, 11) is 0. The van der Waals surface area contributed by atoms with Gasteiger partial charge in [0.15, 0.2) is 6.61 Å². The average molecular weight is 431 g/mol. The molecule has 4 aromatic rings. The van der Waals surface area contributed by atoms with Crippen molar-refractivity contribution in [2.75, 3.05) is 11.9 Å². The molecule has 32 heavy (non-hydrogen) atoms. The molecule has 1 N–H and O–H groups in total. The molecule has 0 atom stereocenters. The minimum atomic E-state index is -0.799. The van der Waals surface area contributed by atoms with Crippen LogP contribution in [0.1, 0.15) is 27.6 Å². The van der Waals surface area contributed by atoms with Gasteiger partial charge in [-0.15, -0.1) is 5.10 Å². The van der Waals surface area contributed by atoms with E-state index in [2.05, 4.69) is 20.4 Å². The van der Waals surface area contributed by atoms with Crippen molar-refractivity contribution in [1.82, 2.24) is 19.6 Å². The van der Waals surface area contributed by atoms with Gasteiger partial charge >= 0.3 is 5.97 Å². The van der Waals surface area contributed by atoms with Gasteiger partial charge in [-0.25, -0.2) is 14.3 Å². The molecule has 0 aliphatic rings. The van der Waals surface area contributed by atoms with E-state index < -0.39 is 18.5 Å². The summed E-state index contributed by atoms with van der Waals surface area (Å²) in [6, 6.07) is 18.6. The second-order valence-electron chi connectivity index (χ2n) is 7.11. The molecule has 0 aliphatic heterocycles. The largest absolute Gasteiger partial charge is 0.489 e. The van der Waals surface area contributed by atoms with Gasteiger partial charge in [-0.2, -0.15) is 4.98 Å². The van der Waals surface area contributed by atoms with Gasteiger partial charge in [-0.3, -0.25) is 4.79 Å². The fourth-order valence-corrected chi connectivity index (χ4v) is 3.02. The second-order valence-corrected chi connectivity index (χ2v) is 7.11. The van der Waals surface area contributed by atoms with Crippen LogP contribution >= 0.6 is 0 Å². The smallest absolute Gasteiger partial charge is 0.378 e. The molecule has 0 saturated heterocycles. The highest BCUT2D eigenvalue weighted by molar-refractivity contribution is 5.94. The number of aromatic nitrogens is 4. The lowest BCUT2D eigenvalue weighted by molar-refractivity contribution is -0.119. The number of benzene rings is 2. The lowest BCUT2D eigenvalue weighted by Crippen LogP contribution is -2.21. The number of carbonyl (C=O) groups is 2. The number of hydrogen-bond acceptors (Lipinski definition) is 7. The Kier molecular flexibility index (Phi) is 6.07. The van der Waals surface area contributed by atoms with Crippen LogP contribution in [-0.2, 0) is 16.1 Å². The third-order valence-electron chi connectivity index (χ3n) is 4.52. The fourth-order valence-electron chi connectivity index (χ4n) is 3.02. The monoisotopic (exact) mass is 431 g/mol. The van der Waals surface area contributed by atoms with Gasteiger partial charge in [0.2, 0.25) is 0 Å². The van der Waals surface area contributed by atoms with Gasteiger partial charge in [0, 0.05) is 17.1 Å². The standard InChI is InChI=1S/C23H21N5O4/c1-15-12-16(2)28-23(24-15)26-21(27-28)22(30)32-14-20(29)25-18-8-10-19(11-9-18)31-13-17-6-4-3-5-7-17/h3-12H,13-14H2,1-2H3,(H,25,29). The summed E-state index contributed by atoms with van der Waals surface area (Å²) in [4.78, 5) is 32.6. The average Bonchev–Trinajstić information content (AvgIpc) is 3.22. The molecule has 0 radical (unpaired) electrons. The zero-order valence-electron chi connectivity index (χ0n) is 17.6. The Labute approximate surface area is 184 Å². The number of carbonyl (C=O) groups excluding carboxylic acids is 2. The maximum Gasteiger partial charge on any atom is 0.378 e. The van der Waals surface area contributed by atoms with Crippen molar-refractivity contribution in [3.63, 3.8) is 0 Å². The van der Waals surface area contributed by atoms with Crippen LogP contribution in [0.3, 0.4) is 0 Å². The molecule has 9 nitrogen and oxygen atoms in total. The van der Waals surface area contributed by atoms with E-state index in [4.69, 9.17) is 9.47 Å². The Morgan fingerprint density at radius 3 is 2.50 bits per heavy atom. The first kappa shape index (κ1) is 21.0. The molecule has 0 unspecified atom stereocenters. The first-order valence-corrected chi connectivity index (χ1v) is 9.93. The number of aryl methyl sites for hydroxylation is 2. The van der Waals surface area contributed by atoms with E-state index in [1.165, 1.54) is 4.52 Å². The van der Waals surface area contributed by atoms with E-state index in [9.17, 15) is 9.59 Å². The number of anilines is 1. The van der Waals surface area contributed by atoms with E-state index in [1.54, 1.807) is 24.3 Å². The van der Waals surface area contributed by atoms with Crippen LogP contribution < -0.4 is 10.1 Å². The minimum Gasteiger partial charge on any atom is -0.489 e. The molecule has 9 heteroatoms. The third-order valence-corrected chi connectivity index (χ3v) is 4.52. The molecule has 0 bridgehead atoms. The topological polar surface area (TPSA) is 108 Å². The summed E-state index contributed by atoms with van der Waals surface area (Å²) in [5.41, 5.74) is 3.17. The molecule has 2 aromatic carbocycles. The SMILES string of the molecule is Cc1cc(C)n2nc(C(=O)OCC(=O)Nc3ccc(OCc4ccccc4)cc3)nc2n1. The molecule has 0 spiro atoms. The van der Waals surface area contributed by atoms with Crippen molar-refractivity contribution in [1.29, 1.82) is 0 Å². The summed E-state index contributed by atoms with van der Waals surface area (Å²) in [6.45, 7) is 3.64.